The highest BCUT2D eigenvalue weighted by atomic mass is 35.5. The van der Waals surface area contributed by atoms with Crippen LogP contribution in [0.1, 0.15) is 24.4 Å². The van der Waals surface area contributed by atoms with Gasteiger partial charge in [-0.3, -0.25) is 4.79 Å². The Hall–Kier alpha value is -0.710. The fourth-order valence-electron chi connectivity index (χ4n) is 3.13. The van der Waals surface area contributed by atoms with Crippen LogP contribution in [0.15, 0.2) is 24.3 Å². The number of carbonyl (C=O) groups is 1. The van der Waals surface area contributed by atoms with Crippen LogP contribution in [0.5, 0.6) is 0 Å². The zero-order valence-electron chi connectivity index (χ0n) is 12.1. The number of nitrogens with one attached hydrogen (secondary N) is 1. The molecule has 0 spiro atoms. The van der Waals surface area contributed by atoms with Gasteiger partial charge >= 0.3 is 0 Å². The third-order valence-electron chi connectivity index (χ3n) is 4.35. The Kier molecular flexibility index (Phi) is 5.09. The van der Waals surface area contributed by atoms with Gasteiger partial charge in [0.15, 0.2) is 0 Å². The van der Waals surface area contributed by atoms with Crippen LogP contribution >= 0.6 is 23.4 Å². The molecule has 0 aliphatic carbocycles. The van der Waals surface area contributed by atoms with E-state index in [4.69, 9.17) is 11.6 Å². The van der Waals surface area contributed by atoms with Gasteiger partial charge in [-0.05, 0) is 43.6 Å². The molecule has 0 radical (unpaired) electrons. The van der Waals surface area contributed by atoms with E-state index in [0.717, 1.165) is 49.0 Å². The van der Waals surface area contributed by atoms with Gasteiger partial charge in [-0.25, -0.2) is 0 Å². The summed E-state index contributed by atoms with van der Waals surface area (Å²) in [4.78, 5) is 15.0. The van der Waals surface area contributed by atoms with Crippen LogP contribution in [-0.2, 0) is 4.79 Å². The second kappa shape index (κ2) is 7.03. The van der Waals surface area contributed by atoms with E-state index in [0.29, 0.717) is 5.91 Å². The molecule has 1 aromatic carbocycles. The maximum Gasteiger partial charge on any atom is 0.226 e. The fraction of sp³-hybridized carbons (Fsp3) is 0.562. The Labute approximate surface area is 135 Å². The Balaban J connectivity index is 1.77. The number of nitrogens with zero attached hydrogens (tertiary/aromatic N) is 1. The second-order valence-electron chi connectivity index (χ2n) is 5.70. The summed E-state index contributed by atoms with van der Waals surface area (Å²) in [6.07, 6.45) is 1.94. The summed E-state index contributed by atoms with van der Waals surface area (Å²) in [5.74, 6) is 2.57. The largest absolute Gasteiger partial charge is 0.334 e. The van der Waals surface area contributed by atoms with Crippen molar-refractivity contribution >= 4 is 29.3 Å². The average molecular weight is 325 g/mol. The van der Waals surface area contributed by atoms with Gasteiger partial charge in [0, 0.05) is 29.0 Å². The topological polar surface area (TPSA) is 32.3 Å². The summed E-state index contributed by atoms with van der Waals surface area (Å²) >= 11 is 7.91. The molecule has 2 aliphatic rings. The standard InChI is InChI=1S/C16H21ClN2OS/c17-14-3-1-12(2-4-14)15-11-21-10-9-19(15)16(20)13-5-7-18-8-6-13/h1-4,13,15,18H,5-11H2. The highest BCUT2D eigenvalue weighted by molar-refractivity contribution is 7.99. The van der Waals surface area contributed by atoms with Gasteiger partial charge in [0.2, 0.25) is 5.91 Å². The summed E-state index contributed by atoms with van der Waals surface area (Å²) in [7, 11) is 0. The van der Waals surface area contributed by atoms with Crippen LogP contribution in [-0.4, -0.2) is 41.9 Å². The molecule has 0 bridgehead atoms. The molecule has 1 atom stereocenters. The van der Waals surface area contributed by atoms with Gasteiger partial charge < -0.3 is 10.2 Å². The van der Waals surface area contributed by atoms with Crippen molar-refractivity contribution in [1.82, 2.24) is 10.2 Å². The zero-order valence-corrected chi connectivity index (χ0v) is 13.6. The van der Waals surface area contributed by atoms with Crippen LogP contribution in [0, 0.1) is 5.92 Å². The molecule has 5 heteroatoms. The number of amides is 1. The average Bonchev–Trinajstić information content (AvgIpc) is 2.56. The van der Waals surface area contributed by atoms with Crippen molar-refractivity contribution in [3.63, 3.8) is 0 Å². The van der Waals surface area contributed by atoms with Crippen molar-refractivity contribution in [2.75, 3.05) is 31.1 Å². The van der Waals surface area contributed by atoms with E-state index in [9.17, 15) is 4.79 Å². The molecule has 3 nitrogen and oxygen atoms in total. The maximum atomic E-state index is 12.9. The lowest BCUT2D eigenvalue weighted by molar-refractivity contribution is -0.138. The van der Waals surface area contributed by atoms with Gasteiger partial charge in [0.05, 0.1) is 6.04 Å². The first kappa shape index (κ1) is 15.2. The van der Waals surface area contributed by atoms with Gasteiger partial charge in [0.25, 0.3) is 0 Å². The number of hydrogen-bond acceptors (Lipinski definition) is 3. The first-order valence-corrected chi connectivity index (χ1v) is 9.13. The highest BCUT2D eigenvalue weighted by Gasteiger charge is 2.33. The zero-order chi connectivity index (χ0) is 14.7. The van der Waals surface area contributed by atoms with Crippen molar-refractivity contribution in [3.8, 4) is 0 Å². The van der Waals surface area contributed by atoms with Gasteiger partial charge in [-0.1, -0.05) is 23.7 Å². The van der Waals surface area contributed by atoms with E-state index in [1.807, 2.05) is 23.9 Å². The van der Waals surface area contributed by atoms with Crippen molar-refractivity contribution in [3.05, 3.63) is 34.9 Å². The van der Waals surface area contributed by atoms with E-state index in [-0.39, 0.29) is 12.0 Å². The number of benzene rings is 1. The third kappa shape index (κ3) is 3.55. The minimum atomic E-state index is 0.198. The van der Waals surface area contributed by atoms with E-state index in [1.165, 1.54) is 5.56 Å². The van der Waals surface area contributed by atoms with Crippen molar-refractivity contribution < 1.29 is 4.79 Å². The number of carbonyl (C=O) groups excluding carboxylic acids is 1. The first-order valence-electron chi connectivity index (χ1n) is 7.60. The minimum Gasteiger partial charge on any atom is -0.334 e. The number of thioether (sulfide) groups is 1. The Morgan fingerprint density at radius 2 is 1.95 bits per heavy atom. The van der Waals surface area contributed by atoms with Crippen molar-refractivity contribution in [1.29, 1.82) is 0 Å². The molecular formula is C16H21ClN2OS. The van der Waals surface area contributed by atoms with Crippen LogP contribution in [0.3, 0.4) is 0 Å². The summed E-state index contributed by atoms with van der Waals surface area (Å²) in [5, 5.41) is 4.08. The van der Waals surface area contributed by atoms with Crippen LogP contribution in [0.25, 0.3) is 0 Å². The second-order valence-corrected chi connectivity index (χ2v) is 7.28. The van der Waals surface area contributed by atoms with Gasteiger partial charge in [-0.15, -0.1) is 0 Å². The molecule has 2 heterocycles. The smallest absolute Gasteiger partial charge is 0.226 e. The molecule has 2 fully saturated rings. The van der Waals surface area contributed by atoms with Crippen LogP contribution in [0.4, 0.5) is 0 Å². The summed E-state index contributed by atoms with van der Waals surface area (Å²) in [6, 6.07) is 8.15. The Morgan fingerprint density at radius 3 is 2.67 bits per heavy atom. The summed E-state index contributed by atoms with van der Waals surface area (Å²) in [5.41, 5.74) is 1.20. The molecule has 3 rings (SSSR count). The van der Waals surface area contributed by atoms with E-state index < -0.39 is 0 Å². The number of halogens is 1. The maximum absolute atomic E-state index is 12.9. The molecule has 21 heavy (non-hydrogen) atoms. The molecule has 114 valence electrons. The SMILES string of the molecule is O=C(C1CCNCC1)N1CCSCC1c1ccc(Cl)cc1. The minimum absolute atomic E-state index is 0.198. The third-order valence-corrected chi connectivity index (χ3v) is 5.63. The molecule has 0 aromatic heterocycles. The highest BCUT2D eigenvalue weighted by Crippen LogP contribution is 2.32. The lowest BCUT2D eigenvalue weighted by Crippen LogP contribution is -2.46. The Morgan fingerprint density at radius 1 is 1.24 bits per heavy atom. The predicted octanol–water partition coefficient (Wildman–Crippen LogP) is 2.96. The lowest BCUT2D eigenvalue weighted by atomic mass is 9.95. The molecule has 0 saturated carbocycles. The molecule has 1 N–H and O–H groups in total. The number of piperidine rings is 1. The molecule has 1 unspecified atom stereocenters. The Bertz CT molecular complexity index is 488. The quantitative estimate of drug-likeness (QED) is 0.907. The van der Waals surface area contributed by atoms with Gasteiger partial charge in [0.1, 0.15) is 0 Å². The number of hydrogen-bond donors (Lipinski definition) is 1. The monoisotopic (exact) mass is 324 g/mol. The predicted molar refractivity (Wildman–Crippen MR) is 88.8 cm³/mol. The first-order chi connectivity index (χ1) is 10.3. The lowest BCUT2D eigenvalue weighted by Gasteiger charge is -2.38. The molecular weight excluding hydrogens is 304 g/mol. The molecule has 1 amide bonds. The number of rotatable bonds is 2. The van der Waals surface area contributed by atoms with E-state index in [2.05, 4.69) is 22.3 Å². The van der Waals surface area contributed by atoms with Gasteiger partial charge in [-0.2, -0.15) is 11.8 Å². The molecule has 1 aromatic rings. The normalized spacial score (nSPS) is 24.0. The fourth-order valence-corrected chi connectivity index (χ4v) is 4.35. The van der Waals surface area contributed by atoms with Crippen LogP contribution < -0.4 is 5.32 Å². The van der Waals surface area contributed by atoms with Crippen molar-refractivity contribution in [2.24, 2.45) is 5.92 Å². The molecule has 2 saturated heterocycles. The van der Waals surface area contributed by atoms with Crippen molar-refractivity contribution in [2.45, 2.75) is 18.9 Å². The van der Waals surface area contributed by atoms with E-state index in [1.54, 1.807) is 0 Å². The summed E-state index contributed by atoms with van der Waals surface area (Å²) < 4.78 is 0. The summed E-state index contributed by atoms with van der Waals surface area (Å²) in [6.45, 7) is 2.79. The molecule has 2 aliphatic heterocycles. The van der Waals surface area contributed by atoms with E-state index >= 15 is 0 Å². The van der Waals surface area contributed by atoms with Crippen LogP contribution in [0.2, 0.25) is 5.02 Å².